The normalized spacial score (nSPS) is 41.5. The predicted molar refractivity (Wildman–Crippen MR) is 122 cm³/mol. The summed E-state index contributed by atoms with van der Waals surface area (Å²) in [4.78, 5) is 13.0. The molecule has 0 amide bonds. The zero-order valence-corrected chi connectivity index (χ0v) is 19.9. The topological polar surface area (TPSA) is 35.5 Å². The minimum Gasteiger partial charge on any atom is -0.375 e. The lowest BCUT2D eigenvalue weighted by Gasteiger charge is -2.37. The second kappa shape index (κ2) is 11.3. The van der Waals surface area contributed by atoms with Gasteiger partial charge < -0.3 is 9.47 Å². The molecule has 0 spiro atoms. The van der Waals surface area contributed by atoms with E-state index in [9.17, 15) is 4.79 Å². The summed E-state index contributed by atoms with van der Waals surface area (Å²) in [6.45, 7) is 0. The Morgan fingerprint density at radius 2 is 1.10 bits per heavy atom. The number of halogens is 2. The van der Waals surface area contributed by atoms with Crippen LogP contribution >= 0.6 is 23.2 Å². The molecule has 0 saturated heterocycles. The van der Waals surface area contributed by atoms with Crippen molar-refractivity contribution in [3.8, 4) is 0 Å². The highest BCUT2D eigenvalue weighted by atomic mass is 35.5. The van der Waals surface area contributed by atoms with Crippen molar-refractivity contribution in [3.05, 3.63) is 0 Å². The van der Waals surface area contributed by atoms with Crippen LogP contribution in [0, 0.1) is 11.8 Å². The number of carbonyl (C=O) groups is 1. The molecule has 0 bridgehead atoms. The maximum atomic E-state index is 13.0. The molecule has 4 saturated carbocycles. The summed E-state index contributed by atoms with van der Waals surface area (Å²) in [6.07, 6.45) is 19.3. The predicted octanol–water partition coefficient (Wildman–Crippen LogP) is 6.81. The van der Waals surface area contributed by atoms with E-state index >= 15 is 0 Å². The number of hydrogen-bond acceptors (Lipinski definition) is 3. The van der Waals surface area contributed by atoms with Crippen LogP contribution in [0.4, 0.5) is 0 Å². The maximum absolute atomic E-state index is 13.0. The number of ether oxygens (including phenoxy) is 2. The molecule has 0 N–H and O–H groups in total. The molecule has 4 fully saturated rings. The Morgan fingerprint density at radius 1 is 0.600 bits per heavy atom. The average Bonchev–Trinajstić information content (AvgIpc) is 2.77. The van der Waals surface area contributed by atoms with Gasteiger partial charge in [0.2, 0.25) is 0 Å². The molecule has 4 aliphatic carbocycles. The van der Waals surface area contributed by atoms with Crippen molar-refractivity contribution in [3.63, 3.8) is 0 Å². The average molecular weight is 459 g/mol. The van der Waals surface area contributed by atoms with Gasteiger partial charge in [0.15, 0.2) is 0 Å². The van der Waals surface area contributed by atoms with Crippen LogP contribution in [-0.4, -0.2) is 41.0 Å². The van der Waals surface area contributed by atoms with Gasteiger partial charge in [0.25, 0.3) is 0 Å². The molecule has 0 aromatic carbocycles. The van der Waals surface area contributed by atoms with Crippen molar-refractivity contribution in [2.75, 3.05) is 0 Å². The van der Waals surface area contributed by atoms with Crippen molar-refractivity contribution in [2.24, 2.45) is 11.8 Å². The fraction of sp³-hybridized carbons (Fsp3) is 0.960. The molecule has 3 nitrogen and oxygen atoms in total. The summed E-state index contributed by atoms with van der Waals surface area (Å²) in [5.41, 5.74) is 0. The largest absolute Gasteiger partial charge is 0.375 e. The first-order chi connectivity index (χ1) is 14.6. The highest BCUT2D eigenvalue weighted by molar-refractivity contribution is 6.24. The molecule has 5 heteroatoms. The van der Waals surface area contributed by atoms with E-state index in [4.69, 9.17) is 32.7 Å². The molecule has 0 heterocycles. The second-order valence-electron chi connectivity index (χ2n) is 10.3. The number of alkyl halides is 2. The SMILES string of the molecule is O=C(C1CCC(OC2CCC(OC3CCCCC3)CC2)CC1)C1CC(Cl)CCC1Cl. The van der Waals surface area contributed by atoms with Crippen LogP contribution < -0.4 is 0 Å². The molecule has 3 atom stereocenters. The molecule has 4 rings (SSSR count). The summed E-state index contributed by atoms with van der Waals surface area (Å²) in [5.74, 6) is 0.502. The van der Waals surface area contributed by atoms with Gasteiger partial charge in [-0.15, -0.1) is 23.2 Å². The Hall–Kier alpha value is 0.170. The molecular weight excluding hydrogens is 419 g/mol. The quantitative estimate of drug-likeness (QED) is 0.410. The summed E-state index contributed by atoms with van der Waals surface area (Å²) in [5, 5.41) is 0.0957. The van der Waals surface area contributed by atoms with Gasteiger partial charge in [-0.3, -0.25) is 4.79 Å². The molecule has 172 valence electrons. The van der Waals surface area contributed by atoms with E-state index in [1.165, 1.54) is 32.1 Å². The minimum absolute atomic E-state index is 0.0208. The van der Waals surface area contributed by atoms with Crippen molar-refractivity contribution in [2.45, 2.75) is 138 Å². The van der Waals surface area contributed by atoms with E-state index in [1.54, 1.807) is 0 Å². The van der Waals surface area contributed by atoms with Crippen LogP contribution in [0.3, 0.4) is 0 Å². The van der Waals surface area contributed by atoms with E-state index in [2.05, 4.69) is 0 Å². The first-order valence-electron chi connectivity index (χ1n) is 12.7. The fourth-order valence-electron chi connectivity index (χ4n) is 6.21. The summed E-state index contributed by atoms with van der Waals surface area (Å²) in [6, 6.07) is 0. The van der Waals surface area contributed by atoms with E-state index in [-0.39, 0.29) is 22.6 Å². The summed E-state index contributed by atoms with van der Waals surface area (Å²) in [7, 11) is 0. The van der Waals surface area contributed by atoms with Crippen molar-refractivity contribution >= 4 is 29.0 Å². The zero-order valence-electron chi connectivity index (χ0n) is 18.4. The van der Waals surface area contributed by atoms with Gasteiger partial charge in [0.1, 0.15) is 5.78 Å². The monoisotopic (exact) mass is 458 g/mol. The lowest BCUT2D eigenvalue weighted by atomic mass is 9.75. The van der Waals surface area contributed by atoms with Gasteiger partial charge in [0.05, 0.1) is 24.4 Å². The molecular formula is C25H40Cl2O3. The lowest BCUT2D eigenvalue weighted by molar-refractivity contribution is -0.131. The highest BCUT2D eigenvalue weighted by Crippen LogP contribution is 2.38. The molecule has 0 aromatic heterocycles. The van der Waals surface area contributed by atoms with Crippen molar-refractivity contribution in [1.29, 1.82) is 0 Å². The Morgan fingerprint density at radius 3 is 1.67 bits per heavy atom. The Kier molecular flexibility index (Phi) is 8.82. The maximum Gasteiger partial charge on any atom is 0.140 e. The molecule has 3 unspecified atom stereocenters. The smallest absolute Gasteiger partial charge is 0.140 e. The first kappa shape index (κ1) is 23.3. The van der Waals surface area contributed by atoms with Crippen LogP contribution in [-0.2, 0) is 14.3 Å². The number of rotatable bonds is 6. The Bertz CT molecular complexity index is 535. The first-order valence-corrected chi connectivity index (χ1v) is 13.6. The highest BCUT2D eigenvalue weighted by Gasteiger charge is 2.38. The molecule has 0 radical (unpaired) electrons. The lowest BCUT2D eigenvalue weighted by Crippen LogP contribution is -2.38. The van der Waals surface area contributed by atoms with Crippen molar-refractivity contribution < 1.29 is 14.3 Å². The van der Waals surface area contributed by atoms with Crippen molar-refractivity contribution in [1.82, 2.24) is 0 Å². The number of ketones is 1. The van der Waals surface area contributed by atoms with Gasteiger partial charge in [-0.2, -0.15) is 0 Å². The van der Waals surface area contributed by atoms with Crippen LogP contribution in [0.5, 0.6) is 0 Å². The van der Waals surface area contributed by atoms with E-state index in [1.807, 2.05) is 0 Å². The van der Waals surface area contributed by atoms with Crippen LogP contribution in [0.15, 0.2) is 0 Å². The van der Waals surface area contributed by atoms with Gasteiger partial charge in [0, 0.05) is 22.6 Å². The zero-order chi connectivity index (χ0) is 20.9. The fourth-order valence-corrected chi connectivity index (χ4v) is 6.88. The van der Waals surface area contributed by atoms with Crippen LogP contribution in [0.2, 0.25) is 0 Å². The molecule has 0 aliphatic heterocycles. The Labute approximate surface area is 192 Å². The number of Topliss-reactive ketones (excluding diaryl/α,β-unsaturated/α-hetero) is 1. The van der Waals surface area contributed by atoms with Gasteiger partial charge in [-0.1, -0.05) is 19.3 Å². The van der Waals surface area contributed by atoms with Gasteiger partial charge in [-0.25, -0.2) is 0 Å². The third-order valence-corrected chi connectivity index (χ3v) is 9.01. The molecule has 4 aliphatic rings. The number of carbonyl (C=O) groups excluding carboxylic acids is 1. The van der Waals surface area contributed by atoms with Crippen LogP contribution in [0.25, 0.3) is 0 Å². The van der Waals surface area contributed by atoms with Gasteiger partial charge in [-0.05, 0) is 83.5 Å². The summed E-state index contributed by atoms with van der Waals surface area (Å²) < 4.78 is 12.8. The summed E-state index contributed by atoms with van der Waals surface area (Å²) >= 11 is 12.8. The van der Waals surface area contributed by atoms with E-state index in [0.29, 0.717) is 30.2 Å². The second-order valence-corrected chi connectivity index (χ2v) is 11.5. The number of hydrogen-bond donors (Lipinski definition) is 0. The van der Waals surface area contributed by atoms with E-state index < -0.39 is 0 Å². The minimum atomic E-state index is -0.0372. The molecule has 30 heavy (non-hydrogen) atoms. The van der Waals surface area contributed by atoms with E-state index in [0.717, 1.165) is 70.6 Å². The van der Waals surface area contributed by atoms with Crippen LogP contribution in [0.1, 0.15) is 103 Å². The third-order valence-electron chi connectivity index (χ3n) is 8.09. The third kappa shape index (κ3) is 6.36. The Balaban J connectivity index is 1.14. The standard InChI is InChI=1S/C25H40Cl2O3/c26-18-8-15-24(27)23(16-18)25(28)17-6-9-20(10-7-17)30-22-13-11-21(12-14-22)29-19-4-2-1-3-5-19/h17-24H,1-16H2. The van der Waals surface area contributed by atoms with Gasteiger partial charge >= 0.3 is 0 Å². The molecule has 0 aromatic rings.